The highest BCUT2D eigenvalue weighted by molar-refractivity contribution is 5.96. The number of para-hydroxylation sites is 1. The van der Waals surface area contributed by atoms with Crippen LogP contribution in [-0.4, -0.2) is 54.7 Å². The molecule has 2 aromatic carbocycles. The van der Waals surface area contributed by atoms with Crippen molar-refractivity contribution in [1.29, 1.82) is 0 Å². The highest BCUT2D eigenvalue weighted by Crippen LogP contribution is 2.26. The third kappa shape index (κ3) is 6.35. The van der Waals surface area contributed by atoms with Gasteiger partial charge in [0, 0.05) is 29.1 Å². The maximum absolute atomic E-state index is 12.5. The first-order chi connectivity index (χ1) is 15.6. The number of furan rings is 1. The van der Waals surface area contributed by atoms with Crippen molar-refractivity contribution in [1.82, 2.24) is 15.7 Å². The summed E-state index contributed by atoms with van der Waals surface area (Å²) in [7, 11) is 0. The van der Waals surface area contributed by atoms with Gasteiger partial charge in [0.2, 0.25) is 5.91 Å². The molecule has 174 valence electrons. The first kappa shape index (κ1) is 24.3. The molecule has 0 bridgehead atoms. The molecule has 0 aliphatic carbocycles. The van der Waals surface area contributed by atoms with E-state index < -0.39 is 5.91 Å². The van der Waals surface area contributed by atoms with E-state index in [9.17, 15) is 9.59 Å². The Morgan fingerprint density at radius 2 is 1.88 bits per heavy atom. The van der Waals surface area contributed by atoms with Crippen molar-refractivity contribution in [2.75, 3.05) is 32.8 Å². The van der Waals surface area contributed by atoms with E-state index in [1.165, 1.54) is 18.6 Å². The molecule has 9 heteroatoms. The summed E-state index contributed by atoms with van der Waals surface area (Å²) in [5.74, 6) is 0.468. The van der Waals surface area contributed by atoms with Gasteiger partial charge in [0.05, 0.1) is 6.54 Å². The average Bonchev–Trinajstić information content (AvgIpc) is 3.22. The second-order valence-corrected chi connectivity index (χ2v) is 7.55. The van der Waals surface area contributed by atoms with E-state index in [1.807, 2.05) is 30.3 Å². The number of nitrogens with zero attached hydrogens (tertiary/aromatic N) is 1. The van der Waals surface area contributed by atoms with Crippen LogP contribution < -0.4 is 15.5 Å². The van der Waals surface area contributed by atoms with Gasteiger partial charge in [-0.15, -0.1) is 12.4 Å². The molecule has 0 spiro atoms. The van der Waals surface area contributed by atoms with Crippen molar-refractivity contribution in [2.45, 2.75) is 6.42 Å². The number of benzene rings is 2. The molecule has 0 atom stereocenters. The maximum Gasteiger partial charge on any atom is 0.274 e. The number of hydrogen-bond acceptors (Lipinski definition) is 6. The molecule has 0 unspecified atom stereocenters. The minimum absolute atomic E-state index is 0. The Hall–Kier alpha value is -3.33. The molecule has 4 rings (SSSR count). The van der Waals surface area contributed by atoms with E-state index in [1.54, 1.807) is 23.7 Å². The molecule has 3 N–H and O–H groups in total. The number of likely N-dealkylation sites (tertiary alicyclic amines) is 1. The molecule has 1 aliphatic heterocycles. The monoisotopic (exact) mass is 471 g/mol. The highest BCUT2D eigenvalue weighted by atomic mass is 35.5. The Morgan fingerprint density at radius 1 is 1.12 bits per heavy atom. The lowest BCUT2D eigenvalue weighted by Gasteiger charge is -2.31. The predicted octanol–water partition coefficient (Wildman–Crippen LogP) is 3.26. The number of carbonyl (C=O) groups is 2. The fraction of sp³-hybridized carbons (Fsp3) is 0.250. The minimum Gasteiger partial charge on any atom is -0.492 e. The standard InChI is InChI=1S/C24H25N3O5.ClH/c28-23(25-10-13-31-20-8-6-17(7-9-20)24(29)26-30)15-19(16-27-11-3-12-27)22-14-18-4-1-2-5-21(18)32-22;/h1-2,4-9,14-15,30H,3,10-13,16H2,(H,25,28)(H,26,29);1H. The topological polar surface area (TPSA) is 104 Å². The molecule has 1 aromatic heterocycles. The molecular formula is C24H26ClN3O5. The van der Waals surface area contributed by atoms with E-state index in [-0.39, 0.29) is 24.9 Å². The molecule has 2 heterocycles. The number of amides is 2. The molecule has 3 aromatic rings. The number of fused-ring (bicyclic) bond motifs is 1. The third-order valence-corrected chi connectivity index (χ3v) is 5.28. The lowest BCUT2D eigenvalue weighted by atomic mass is 10.1. The summed E-state index contributed by atoms with van der Waals surface area (Å²) in [6, 6.07) is 16.1. The number of halogens is 1. The zero-order valence-electron chi connectivity index (χ0n) is 18.0. The Labute approximate surface area is 197 Å². The van der Waals surface area contributed by atoms with Gasteiger partial charge in [0.1, 0.15) is 23.7 Å². The smallest absolute Gasteiger partial charge is 0.274 e. The van der Waals surface area contributed by atoms with Gasteiger partial charge in [-0.3, -0.25) is 19.7 Å². The maximum atomic E-state index is 12.5. The summed E-state index contributed by atoms with van der Waals surface area (Å²) in [5.41, 5.74) is 3.54. The zero-order valence-corrected chi connectivity index (χ0v) is 18.8. The van der Waals surface area contributed by atoms with Crippen LogP contribution in [0.3, 0.4) is 0 Å². The van der Waals surface area contributed by atoms with Crippen LogP contribution in [0.1, 0.15) is 22.5 Å². The second-order valence-electron chi connectivity index (χ2n) is 7.55. The lowest BCUT2D eigenvalue weighted by Crippen LogP contribution is -2.38. The average molecular weight is 472 g/mol. The summed E-state index contributed by atoms with van der Waals surface area (Å²) in [6.07, 6.45) is 2.76. The van der Waals surface area contributed by atoms with Gasteiger partial charge in [-0.1, -0.05) is 18.2 Å². The van der Waals surface area contributed by atoms with Gasteiger partial charge in [0.25, 0.3) is 5.91 Å². The van der Waals surface area contributed by atoms with E-state index in [2.05, 4.69) is 10.2 Å². The van der Waals surface area contributed by atoms with E-state index in [0.29, 0.717) is 30.2 Å². The normalized spacial score (nSPS) is 13.7. The van der Waals surface area contributed by atoms with Gasteiger partial charge in [0.15, 0.2) is 0 Å². The van der Waals surface area contributed by atoms with Crippen LogP contribution >= 0.6 is 12.4 Å². The summed E-state index contributed by atoms with van der Waals surface area (Å²) < 4.78 is 11.6. The number of hydroxylamine groups is 1. The largest absolute Gasteiger partial charge is 0.492 e. The predicted molar refractivity (Wildman–Crippen MR) is 127 cm³/mol. The molecule has 1 saturated heterocycles. The number of rotatable bonds is 9. The SMILES string of the molecule is Cl.O=C(C=C(CN1CCC1)c1cc2ccccc2o1)NCCOc1ccc(C(=O)NO)cc1. The Bertz CT molecular complexity index is 1090. The van der Waals surface area contributed by atoms with Gasteiger partial charge < -0.3 is 14.5 Å². The van der Waals surface area contributed by atoms with E-state index in [0.717, 1.165) is 29.6 Å². The number of carbonyl (C=O) groups excluding carboxylic acids is 2. The summed E-state index contributed by atoms with van der Waals surface area (Å²) >= 11 is 0. The molecule has 1 aliphatic rings. The van der Waals surface area contributed by atoms with Crippen LogP contribution in [0.5, 0.6) is 5.75 Å². The molecule has 0 radical (unpaired) electrons. The van der Waals surface area contributed by atoms with E-state index in [4.69, 9.17) is 14.4 Å². The van der Waals surface area contributed by atoms with Crippen molar-refractivity contribution in [3.8, 4) is 5.75 Å². The molecule has 2 amide bonds. The van der Waals surface area contributed by atoms with Crippen molar-refractivity contribution in [2.24, 2.45) is 0 Å². The molecule has 0 saturated carbocycles. The number of hydrogen-bond donors (Lipinski definition) is 3. The minimum atomic E-state index is -0.589. The Kier molecular flexibility index (Phi) is 8.48. The molecule has 1 fully saturated rings. The van der Waals surface area contributed by atoms with Crippen molar-refractivity contribution in [3.05, 3.63) is 72.0 Å². The van der Waals surface area contributed by atoms with Gasteiger partial charge in [-0.05, 0) is 55.9 Å². The quantitative estimate of drug-likeness (QED) is 0.191. The highest BCUT2D eigenvalue weighted by Gasteiger charge is 2.19. The van der Waals surface area contributed by atoms with Crippen LogP contribution in [0.4, 0.5) is 0 Å². The summed E-state index contributed by atoms with van der Waals surface area (Å²) in [4.78, 5) is 26.1. The third-order valence-electron chi connectivity index (χ3n) is 5.28. The Morgan fingerprint density at radius 3 is 2.55 bits per heavy atom. The zero-order chi connectivity index (χ0) is 22.3. The second kappa shape index (κ2) is 11.5. The lowest BCUT2D eigenvalue weighted by molar-refractivity contribution is -0.116. The summed E-state index contributed by atoms with van der Waals surface area (Å²) in [5, 5.41) is 12.5. The van der Waals surface area contributed by atoms with Crippen molar-refractivity contribution < 1.29 is 24.0 Å². The van der Waals surface area contributed by atoms with Crippen LogP contribution in [0, 0.1) is 0 Å². The van der Waals surface area contributed by atoms with E-state index >= 15 is 0 Å². The van der Waals surface area contributed by atoms with Crippen LogP contribution in [0.2, 0.25) is 0 Å². The van der Waals surface area contributed by atoms with Crippen LogP contribution in [-0.2, 0) is 4.79 Å². The van der Waals surface area contributed by atoms with Crippen molar-refractivity contribution >= 4 is 40.8 Å². The summed E-state index contributed by atoms with van der Waals surface area (Å²) in [6.45, 7) is 3.30. The fourth-order valence-corrected chi connectivity index (χ4v) is 3.44. The van der Waals surface area contributed by atoms with Gasteiger partial charge in [-0.2, -0.15) is 0 Å². The molecular weight excluding hydrogens is 446 g/mol. The first-order valence-electron chi connectivity index (χ1n) is 10.5. The van der Waals surface area contributed by atoms with Crippen LogP contribution in [0.25, 0.3) is 16.5 Å². The number of ether oxygens (including phenoxy) is 1. The van der Waals surface area contributed by atoms with Crippen molar-refractivity contribution in [3.63, 3.8) is 0 Å². The first-order valence-corrected chi connectivity index (χ1v) is 10.5. The Balaban J connectivity index is 0.00000306. The van der Waals surface area contributed by atoms with Gasteiger partial charge >= 0.3 is 0 Å². The van der Waals surface area contributed by atoms with Crippen LogP contribution in [0.15, 0.2) is 65.1 Å². The molecule has 8 nitrogen and oxygen atoms in total. The van der Waals surface area contributed by atoms with Gasteiger partial charge in [-0.25, -0.2) is 5.48 Å². The fourth-order valence-electron chi connectivity index (χ4n) is 3.44. The number of nitrogens with one attached hydrogen (secondary N) is 2. The molecule has 33 heavy (non-hydrogen) atoms.